The zero-order chi connectivity index (χ0) is 11.2. The Bertz CT molecular complexity index is 709. The Labute approximate surface area is 99.9 Å². The summed E-state index contributed by atoms with van der Waals surface area (Å²) in [6.07, 6.45) is 9.04. The van der Waals surface area contributed by atoms with Crippen molar-refractivity contribution in [1.82, 2.24) is 9.38 Å². The molecule has 2 heterocycles. The third-order valence-electron chi connectivity index (χ3n) is 3.86. The van der Waals surface area contributed by atoms with Crippen LogP contribution in [0, 0.1) is 0 Å². The summed E-state index contributed by atoms with van der Waals surface area (Å²) >= 11 is 0. The number of hydrogen-bond donors (Lipinski definition) is 0. The molecule has 17 heavy (non-hydrogen) atoms. The van der Waals surface area contributed by atoms with Crippen LogP contribution in [0.25, 0.3) is 16.4 Å². The smallest absolute Gasteiger partial charge is 0.144 e. The zero-order valence-electron chi connectivity index (χ0n) is 9.69. The van der Waals surface area contributed by atoms with E-state index in [0.29, 0.717) is 0 Å². The predicted octanol–water partition coefficient (Wildman–Crippen LogP) is 3.37. The summed E-state index contributed by atoms with van der Waals surface area (Å²) in [5.74, 6) is 0. The summed E-state index contributed by atoms with van der Waals surface area (Å²) in [4.78, 5) is 4.52. The van der Waals surface area contributed by atoms with Gasteiger partial charge in [0.2, 0.25) is 0 Å². The number of rotatable bonds is 0. The molecule has 0 atom stereocenters. The maximum absolute atomic E-state index is 4.52. The Kier molecular flexibility index (Phi) is 1.81. The fourth-order valence-corrected chi connectivity index (χ4v) is 3.11. The number of benzene rings is 1. The SMILES string of the molecule is c1ccc2c(c1)c1c(n3ccnc23)CCCC1. The van der Waals surface area contributed by atoms with Crippen LogP contribution >= 0.6 is 0 Å². The van der Waals surface area contributed by atoms with Crippen LogP contribution in [-0.2, 0) is 12.8 Å². The highest BCUT2D eigenvalue weighted by molar-refractivity contribution is 5.96. The van der Waals surface area contributed by atoms with Gasteiger partial charge in [0, 0.05) is 23.5 Å². The second kappa shape index (κ2) is 3.33. The molecule has 0 saturated carbocycles. The van der Waals surface area contributed by atoms with Crippen LogP contribution in [0.5, 0.6) is 0 Å². The highest BCUT2D eigenvalue weighted by atomic mass is 15.0. The number of nitrogens with zero attached hydrogens (tertiary/aromatic N) is 2. The molecule has 84 valence electrons. The van der Waals surface area contributed by atoms with Gasteiger partial charge in [-0.2, -0.15) is 0 Å². The van der Waals surface area contributed by atoms with E-state index in [-0.39, 0.29) is 0 Å². The van der Waals surface area contributed by atoms with Gasteiger partial charge in [-0.05, 0) is 36.6 Å². The van der Waals surface area contributed by atoms with E-state index in [1.807, 2.05) is 6.20 Å². The number of aryl methyl sites for hydroxylation is 2. The molecular weight excluding hydrogens is 208 g/mol. The first kappa shape index (κ1) is 9.23. The molecular formula is C15H14N2. The Morgan fingerprint density at radius 3 is 2.76 bits per heavy atom. The maximum atomic E-state index is 4.52. The van der Waals surface area contributed by atoms with Gasteiger partial charge in [-0.15, -0.1) is 0 Å². The summed E-state index contributed by atoms with van der Waals surface area (Å²) in [5, 5.41) is 2.69. The van der Waals surface area contributed by atoms with Crippen LogP contribution in [0.3, 0.4) is 0 Å². The van der Waals surface area contributed by atoms with Crippen molar-refractivity contribution in [3.63, 3.8) is 0 Å². The number of imidazole rings is 1. The Morgan fingerprint density at radius 2 is 1.82 bits per heavy atom. The lowest BCUT2D eigenvalue weighted by Gasteiger charge is -2.20. The third-order valence-corrected chi connectivity index (χ3v) is 3.86. The molecule has 0 saturated heterocycles. The molecule has 1 aliphatic carbocycles. The Morgan fingerprint density at radius 1 is 1.00 bits per heavy atom. The average molecular weight is 222 g/mol. The van der Waals surface area contributed by atoms with Crippen molar-refractivity contribution in [2.45, 2.75) is 25.7 Å². The fourth-order valence-electron chi connectivity index (χ4n) is 3.11. The van der Waals surface area contributed by atoms with Crippen LogP contribution in [0.1, 0.15) is 24.1 Å². The van der Waals surface area contributed by atoms with E-state index in [1.165, 1.54) is 47.7 Å². The lowest BCUT2D eigenvalue weighted by atomic mass is 9.91. The zero-order valence-corrected chi connectivity index (χ0v) is 9.69. The van der Waals surface area contributed by atoms with E-state index in [4.69, 9.17) is 0 Å². The van der Waals surface area contributed by atoms with Crippen molar-refractivity contribution in [1.29, 1.82) is 0 Å². The van der Waals surface area contributed by atoms with Crippen molar-refractivity contribution in [3.05, 3.63) is 47.9 Å². The first-order valence-corrected chi connectivity index (χ1v) is 6.31. The summed E-state index contributed by atoms with van der Waals surface area (Å²) in [6.45, 7) is 0. The molecule has 1 aliphatic rings. The minimum atomic E-state index is 1.11. The molecule has 2 heteroatoms. The number of pyridine rings is 1. The molecule has 0 N–H and O–H groups in total. The van der Waals surface area contributed by atoms with Gasteiger partial charge < -0.3 is 4.40 Å². The Hall–Kier alpha value is -1.83. The van der Waals surface area contributed by atoms with Crippen molar-refractivity contribution in [2.75, 3.05) is 0 Å². The maximum Gasteiger partial charge on any atom is 0.144 e. The monoisotopic (exact) mass is 222 g/mol. The molecule has 0 radical (unpaired) electrons. The third kappa shape index (κ3) is 1.18. The molecule has 0 fully saturated rings. The highest BCUT2D eigenvalue weighted by Crippen LogP contribution is 2.31. The van der Waals surface area contributed by atoms with Gasteiger partial charge in [0.25, 0.3) is 0 Å². The highest BCUT2D eigenvalue weighted by Gasteiger charge is 2.17. The number of fused-ring (bicyclic) bond motifs is 6. The summed E-state index contributed by atoms with van der Waals surface area (Å²) in [5.41, 5.74) is 4.13. The predicted molar refractivity (Wildman–Crippen MR) is 69.3 cm³/mol. The molecule has 2 nitrogen and oxygen atoms in total. The number of aromatic nitrogens is 2. The quantitative estimate of drug-likeness (QED) is 0.570. The van der Waals surface area contributed by atoms with E-state index in [9.17, 15) is 0 Å². The van der Waals surface area contributed by atoms with E-state index >= 15 is 0 Å². The molecule has 0 spiro atoms. The van der Waals surface area contributed by atoms with Gasteiger partial charge in [0.15, 0.2) is 0 Å². The average Bonchev–Trinajstić information content (AvgIpc) is 2.89. The van der Waals surface area contributed by atoms with Crippen LogP contribution in [0.2, 0.25) is 0 Å². The van der Waals surface area contributed by atoms with Crippen LogP contribution in [-0.4, -0.2) is 9.38 Å². The molecule has 0 amide bonds. The lowest BCUT2D eigenvalue weighted by molar-refractivity contribution is 0.665. The molecule has 2 aromatic heterocycles. The van der Waals surface area contributed by atoms with Gasteiger partial charge >= 0.3 is 0 Å². The van der Waals surface area contributed by atoms with Gasteiger partial charge in [0.05, 0.1) is 0 Å². The lowest BCUT2D eigenvalue weighted by Crippen LogP contribution is -2.09. The molecule has 0 aliphatic heterocycles. The normalized spacial score (nSPS) is 15.3. The van der Waals surface area contributed by atoms with E-state index in [2.05, 4.69) is 39.8 Å². The minimum Gasteiger partial charge on any atom is -0.303 e. The van der Waals surface area contributed by atoms with Gasteiger partial charge in [0.1, 0.15) is 5.65 Å². The van der Waals surface area contributed by atoms with Crippen LogP contribution in [0.15, 0.2) is 36.7 Å². The van der Waals surface area contributed by atoms with Crippen LogP contribution in [0.4, 0.5) is 0 Å². The van der Waals surface area contributed by atoms with E-state index in [1.54, 1.807) is 0 Å². The fraction of sp³-hybridized carbons (Fsp3) is 0.267. The molecule has 4 rings (SSSR count). The van der Waals surface area contributed by atoms with E-state index in [0.717, 1.165) is 5.65 Å². The Balaban J connectivity index is 2.28. The first-order chi connectivity index (χ1) is 8.45. The van der Waals surface area contributed by atoms with Crippen LogP contribution < -0.4 is 0 Å². The molecule has 0 unspecified atom stereocenters. The van der Waals surface area contributed by atoms with Gasteiger partial charge in [-0.1, -0.05) is 24.3 Å². The first-order valence-electron chi connectivity index (χ1n) is 6.31. The summed E-state index contributed by atoms with van der Waals surface area (Å²) in [6, 6.07) is 8.67. The topological polar surface area (TPSA) is 17.3 Å². The minimum absolute atomic E-state index is 1.11. The van der Waals surface area contributed by atoms with Crippen molar-refractivity contribution in [2.24, 2.45) is 0 Å². The largest absolute Gasteiger partial charge is 0.303 e. The molecule has 0 bridgehead atoms. The van der Waals surface area contributed by atoms with Gasteiger partial charge in [-0.25, -0.2) is 4.98 Å². The van der Waals surface area contributed by atoms with Gasteiger partial charge in [-0.3, -0.25) is 0 Å². The van der Waals surface area contributed by atoms with Crippen molar-refractivity contribution >= 4 is 16.4 Å². The second-order valence-electron chi connectivity index (χ2n) is 4.80. The van der Waals surface area contributed by atoms with E-state index < -0.39 is 0 Å². The molecule has 3 aromatic rings. The summed E-state index contributed by atoms with van der Waals surface area (Å²) in [7, 11) is 0. The van der Waals surface area contributed by atoms with Crippen molar-refractivity contribution < 1.29 is 0 Å². The molecule has 1 aromatic carbocycles. The van der Waals surface area contributed by atoms with Crippen molar-refractivity contribution in [3.8, 4) is 0 Å². The number of hydrogen-bond acceptors (Lipinski definition) is 1. The standard InChI is InChI=1S/C15H14N2/c1-2-7-13-11(5-1)12-6-3-4-8-14(12)17-10-9-16-15(13)17/h1-2,5,7,9-10H,3-4,6,8H2. The summed E-state index contributed by atoms with van der Waals surface area (Å²) < 4.78 is 2.29. The second-order valence-corrected chi connectivity index (χ2v) is 4.80.